The molecule has 0 fully saturated rings. The second-order valence-electron chi connectivity index (χ2n) is 4.00. The van der Waals surface area contributed by atoms with E-state index in [0.717, 1.165) is 5.69 Å². The van der Waals surface area contributed by atoms with E-state index < -0.39 is 0 Å². The molecule has 0 bridgehead atoms. The monoisotopic (exact) mass is 222 g/mol. The molecule has 0 aromatic heterocycles. The van der Waals surface area contributed by atoms with Gasteiger partial charge in [-0.3, -0.25) is 0 Å². The summed E-state index contributed by atoms with van der Waals surface area (Å²) >= 11 is 0. The number of nitrogens with one attached hydrogen (secondary N) is 2. The first-order valence-electron chi connectivity index (χ1n) is 5.37. The Hall–Kier alpha value is -1.55. The van der Waals surface area contributed by atoms with Gasteiger partial charge in [-0.1, -0.05) is 32.0 Å². The lowest BCUT2D eigenvalue weighted by Gasteiger charge is -2.20. The van der Waals surface area contributed by atoms with Crippen molar-refractivity contribution in [1.82, 2.24) is 5.32 Å². The van der Waals surface area contributed by atoms with Gasteiger partial charge in [0, 0.05) is 5.69 Å². The minimum atomic E-state index is -0.293. The van der Waals surface area contributed by atoms with Gasteiger partial charge in [-0.2, -0.15) is 0 Å². The topological polar surface area (TPSA) is 61.4 Å². The zero-order valence-electron chi connectivity index (χ0n) is 9.60. The Balaban J connectivity index is 2.47. The fraction of sp³-hybridized carbons (Fsp3) is 0.417. The number of rotatable bonds is 4. The number of hydrogen-bond donors (Lipinski definition) is 3. The lowest BCUT2D eigenvalue weighted by Crippen LogP contribution is -2.43. The number of amides is 2. The number of urea groups is 1. The molecule has 1 aromatic carbocycles. The highest BCUT2D eigenvalue weighted by molar-refractivity contribution is 5.89. The van der Waals surface area contributed by atoms with Gasteiger partial charge >= 0.3 is 6.03 Å². The number of aliphatic hydroxyl groups is 1. The number of anilines is 1. The molecule has 0 aliphatic heterocycles. The van der Waals surface area contributed by atoms with Crippen LogP contribution in [0.25, 0.3) is 0 Å². The Morgan fingerprint density at radius 3 is 2.44 bits per heavy atom. The van der Waals surface area contributed by atoms with Crippen molar-refractivity contribution in [2.24, 2.45) is 5.92 Å². The average molecular weight is 222 g/mol. The minimum Gasteiger partial charge on any atom is -0.394 e. The average Bonchev–Trinajstić information content (AvgIpc) is 2.27. The molecule has 1 rings (SSSR count). The molecule has 0 unspecified atom stereocenters. The maximum Gasteiger partial charge on any atom is 0.319 e. The molecule has 88 valence electrons. The van der Waals surface area contributed by atoms with E-state index in [1.165, 1.54) is 0 Å². The number of carbonyl (C=O) groups is 1. The molecule has 0 spiro atoms. The SMILES string of the molecule is CC(C)[C@@H](CO)NC(=O)Nc1ccccc1. The lowest BCUT2D eigenvalue weighted by molar-refractivity contribution is 0.204. The first kappa shape index (κ1) is 12.5. The summed E-state index contributed by atoms with van der Waals surface area (Å²) in [5.41, 5.74) is 0.737. The predicted octanol–water partition coefficient (Wildman–Crippen LogP) is 1.82. The van der Waals surface area contributed by atoms with E-state index in [2.05, 4.69) is 10.6 Å². The summed E-state index contributed by atoms with van der Waals surface area (Å²) in [7, 11) is 0. The molecule has 1 aromatic rings. The van der Waals surface area contributed by atoms with Gasteiger partial charge < -0.3 is 15.7 Å². The van der Waals surface area contributed by atoms with Gasteiger partial charge in [0.2, 0.25) is 0 Å². The van der Waals surface area contributed by atoms with Crippen LogP contribution in [0.5, 0.6) is 0 Å². The molecule has 16 heavy (non-hydrogen) atoms. The van der Waals surface area contributed by atoms with Crippen molar-refractivity contribution < 1.29 is 9.90 Å². The quantitative estimate of drug-likeness (QED) is 0.727. The zero-order valence-corrected chi connectivity index (χ0v) is 9.60. The number of aliphatic hydroxyl groups excluding tert-OH is 1. The van der Waals surface area contributed by atoms with Gasteiger partial charge in [0.05, 0.1) is 12.6 Å². The van der Waals surface area contributed by atoms with Crippen LogP contribution in [0.1, 0.15) is 13.8 Å². The number of para-hydroxylation sites is 1. The standard InChI is InChI=1S/C12H18N2O2/c1-9(2)11(8-15)14-12(16)13-10-6-4-3-5-7-10/h3-7,9,11,15H,8H2,1-2H3,(H2,13,14,16)/t11-/m1/s1. The van der Waals surface area contributed by atoms with Crippen LogP contribution in [0.4, 0.5) is 10.5 Å². The van der Waals surface area contributed by atoms with Crippen molar-refractivity contribution in [2.75, 3.05) is 11.9 Å². The zero-order chi connectivity index (χ0) is 12.0. The van der Waals surface area contributed by atoms with E-state index in [-0.39, 0.29) is 24.6 Å². The molecular weight excluding hydrogens is 204 g/mol. The van der Waals surface area contributed by atoms with Crippen molar-refractivity contribution in [3.63, 3.8) is 0 Å². The third-order valence-electron chi connectivity index (χ3n) is 2.35. The molecule has 4 heteroatoms. The van der Waals surface area contributed by atoms with Crippen LogP contribution in [-0.4, -0.2) is 23.8 Å². The van der Waals surface area contributed by atoms with E-state index in [1.807, 2.05) is 44.2 Å². The molecule has 0 heterocycles. The first-order valence-corrected chi connectivity index (χ1v) is 5.37. The fourth-order valence-corrected chi connectivity index (χ4v) is 1.28. The van der Waals surface area contributed by atoms with Crippen LogP contribution in [0.2, 0.25) is 0 Å². The molecule has 0 radical (unpaired) electrons. The van der Waals surface area contributed by atoms with Crippen LogP contribution < -0.4 is 10.6 Å². The third kappa shape index (κ3) is 3.90. The lowest BCUT2D eigenvalue weighted by atomic mass is 10.1. The number of hydrogen-bond acceptors (Lipinski definition) is 2. The molecule has 3 N–H and O–H groups in total. The Morgan fingerprint density at radius 1 is 1.31 bits per heavy atom. The molecule has 0 saturated heterocycles. The number of benzene rings is 1. The normalized spacial score (nSPS) is 12.2. The third-order valence-corrected chi connectivity index (χ3v) is 2.35. The van der Waals surface area contributed by atoms with E-state index in [0.29, 0.717) is 0 Å². The van der Waals surface area contributed by atoms with Crippen molar-refractivity contribution in [3.05, 3.63) is 30.3 Å². The summed E-state index contributed by atoms with van der Waals surface area (Å²) < 4.78 is 0. The molecule has 0 aliphatic rings. The van der Waals surface area contributed by atoms with Crippen molar-refractivity contribution in [3.8, 4) is 0 Å². The largest absolute Gasteiger partial charge is 0.394 e. The minimum absolute atomic E-state index is 0.0557. The van der Waals surface area contributed by atoms with Crippen LogP contribution in [0, 0.1) is 5.92 Å². The van der Waals surface area contributed by atoms with Gasteiger partial charge in [-0.15, -0.1) is 0 Å². The fourth-order valence-electron chi connectivity index (χ4n) is 1.28. The van der Waals surface area contributed by atoms with Crippen LogP contribution >= 0.6 is 0 Å². The molecule has 0 saturated carbocycles. The maximum absolute atomic E-state index is 11.6. The summed E-state index contributed by atoms with van der Waals surface area (Å²) in [6.45, 7) is 3.84. The van der Waals surface area contributed by atoms with E-state index in [1.54, 1.807) is 0 Å². The van der Waals surface area contributed by atoms with Crippen molar-refractivity contribution >= 4 is 11.7 Å². The molecule has 2 amide bonds. The Bertz CT molecular complexity index is 325. The van der Waals surface area contributed by atoms with Crippen LogP contribution in [0.15, 0.2) is 30.3 Å². The molecule has 4 nitrogen and oxygen atoms in total. The second kappa shape index (κ2) is 6.12. The van der Waals surface area contributed by atoms with E-state index >= 15 is 0 Å². The van der Waals surface area contributed by atoms with Crippen LogP contribution in [-0.2, 0) is 0 Å². The van der Waals surface area contributed by atoms with Crippen LogP contribution in [0.3, 0.4) is 0 Å². The predicted molar refractivity (Wildman–Crippen MR) is 64.3 cm³/mol. The van der Waals surface area contributed by atoms with E-state index in [9.17, 15) is 4.79 Å². The van der Waals surface area contributed by atoms with Crippen molar-refractivity contribution in [2.45, 2.75) is 19.9 Å². The Kier molecular flexibility index (Phi) is 4.79. The Morgan fingerprint density at radius 2 is 1.94 bits per heavy atom. The first-order chi connectivity index (χ1) is 7.63. The molecular formula is C12H18N2O2. The number of carbonyl (C=O) groups excluding carboxylic acids is 1. The van der Waals surface area contributed by atoms with Crippen molar-refractivity contribution in [1.29, 1.82) is 0 Å². The van der Waals surface area contributed by atoms with E-state index in [4.69, 9.17) is 5.11 Å². The molecule has 1 atom stereocenters. The van der Waals surface area contributed by atoms with Gasteiger partial charge in [0.15, 0.2) is 0 Å². The summed E-state index contributed by atoms with van der Waals surface area (Å²) in [4.78, 5) is 11.6. The highest BCUT2D eigenvalue weighted by Gasteiger charge is 2.14. The highest BCUT2D eigenvalue weighted by atomic mass is 16.3. The smallest absolute Gasteiger partial charge is 0.319 e. The summed E-state index contributed by atoms with van der Waals surface area (Å²) in [5.74, 6) is 0.200. The van der Waals surface area contributed by atoms with Gasteiger partial charge in [-0.05, 0) is 18.1 Å². The second-order valence-corrected chi connectivity index (χ2v) is 4.00. The van der Waals surface area contributed by atoms with Gasteiger partial charge in [0.25, 0.3) is 0 Å². The maximum atomic E-state index is 11.6. The summed E-state index contributed by atoms with van der Waals surface area (Å²) in [5, 5.41) is 14.5. The highest BCUT2D eigenvalue weighted by Crippen LogP contribution is 2.05. The molecule has 0 aliphatic carbocycles. The van der Waals surface area contributed by atoms with Gasteiger partial charge in [0.1, 0.15) is 0 Å². The summed E-state index contributed by atoms with van der Waals surface area (Å²) in [6.07, 6.45) is 0. The summed E-state index contributed by atoms with van der Waals surface area (Å²) in [6, 6.07) is 8.69. The van der Waals surface area contributed by atoms with Gasteiger partial charge in [-0.25, -0.2) is 4.79 Å². The Labute approximate surface area is 95.7 Å².